The third kappa shape index (κ3) is 3.85. The van der Waals surface area contributed by atoms with Crippen molar-refractivity contribution in [3.05, 3.63) is 77.6 Å². The lowest BCUT2D eigenvalue weighted by molar-refractivity contribution is 0.199. The van der Waals surface area contributed by atoms with Gasteiger partial charge in [-0.15, -0.1) is 5.10 Å². The molecular formula is C24H20N8O2. The van der Waals surface area contributed by atoms with Crippen molar-refractivity contribution in [2.24, 2.45) is 0 Å². The Hall–Kier alpha value is -4.62. The van der Waals surface area contributed by atoms with Crippen LogP contribution in [-0.2, 0) is 0 Å². The van der Waals surface area contributed by atoms with Crippen molar-refractivity contribution in [3.8, 4) is 34.5 Å². The van der Waals surface area contributed by atoms with Crippen LogP contribution < -0.4 is 4.74 Å². The van der Waals surface area contributed by atoms with Crippen molar-refractivity contribution >= 4 is 5.65 Å². The van der Waals surface area contributed by atoms with E-state index in [2.05, 4.69) is 31.4 Å². The lowest BCUT2D eigenvalue weighted by Crippen LogP contribution is -2.06. The minimum absolute atomic E-state index is 0.308. The molecule has 1 aromatic carbocycles. The number of fused-ring (bicyclic) bond motifs is 1. The fraction of sp³-hybridized carbons (Fsp3) is 0.167. The first-order valence-corrected chi connectivity index (χ1v) is 10.5. The maximum Gasteiger partial charge on any atom is 0.239 e. The summed E-state index contributed by atoms with van der Waals surface area (Å²) < 4.78 is 9.03. The van der Waals surface area contributed by atoms with E-state index in [0.717, 1.165) is 22.5 Å². The smallest absolute Gasteiger partial charge is 0.239 e. The van der Waals surface area contributed by atoms with Gasteiger partial charge >= 0.3 is 0 Å². The summed E-state index contributed by atoms with van der Waals surface area (Å²) in [5.41, 5.74) is 5.54. The Morgan fingerprint density at radius 1 is 1.09 bits per heavy atom. The van der Waals surface area contributed by atoms with Gasteiger partial charge in [0, 0.05) is 22.9 Å². The summed E-state index contributed by atoms with van der Waals surface area (Å²) in [5.74, 6) is 0.838. The van der Waals surface area contributed by atoms with E-state index >= 15 is 0 Å². The van der Waals surface area contributed by atoms with Crippen LogP contribution in [0.15, 0.2) is 55.0 Å². The number of hydrogen-bond donors (Lipinski definition) is 1. The van der Waals surface area contributed by atoms with Crippen molar-refractivity contribution in [2.75, 3.05) is 0 Å². The molecule has 168 valence electrons. The lowest BCUT2D eigenvalue weighted by Gasteiger charge is -2.15. The molecule has 4 heterocycles. The maximum absolute atomic E-state index is 10.3. The standard InChI is InChI=1S/C24H20N8O2/c1-14-4-7-23(29-28-14)34-19-11-26-24-21(12-27-31(24)13-19)17-5-6-20(16(3)33)22(9-17)32-15(2)8-18(10-25)30-32/h4-9,11-13,16,33H,1-3H3. The van der Waals surface area contributed by atoms with Crippen LogP contribution in [0.4, 0.5) is 0 Å². The van der Waals surface area contributed by atoms with Gasteiger partial charge in [0.15, 0.2) is 17.1 Å². The largest absolute Gasteiger partial charge is 0.434 e. The average molecular weight is 452 g/mol. The average Bonchev–Trinajstić information content (AvgIpc) is 3.43. The zero-order chi connectivity index (χ0) is 23.8. The number of rotatable bonds is 5. The van der Waals surface area contributed by atoms with E-state index in [0.29, 0.717) is 34.2 Å². The first-order chi connectivity index (χ1) is 16.4. The van der Waals surface area contributed by atoms with Crippen LogP contribution in [0.2, 0.25) is 0 Å². The van der Waals surface area contributed by atoms with Gasteiger partial charge in [0.25, 0.3) is 0 Å². The van der Waals surface area contributed by atoms with Crippen LogP contribution in [0.3, 0.4) is 0 Å². The predicted molar refractivity (Wildman–Crippen MR) is 122 cm³/mol. The molecular weight excluding hydrogens is 432 g/mol. The molecule has 0 saturated carbocycles. The number of aliphatic hydroxyl groups excluding tert-OH is 1. The molecule has 5 aromatic rings. The molecule has 0 amide bonds. The Morgan fingerprint density at radius 3 is 2.65 bits per heavy atom. The van der Waals surface area contributed by atoms with Crippen LogP contribution in [0.5, 0.6) is 11.6 Å². The van der Waals surface area contributed by atoms with Crippen molar-refractivity contribution in [1.29, 1.82) is 5.26 Å². The molecule has 10 nitrogen and oxygen atoms in total. The molecule has 1 N–H and O–H groups in total. The normalized spacial score (nSPS) is 12.0. The molecule has 0 fully saturated rings. The highest BCUT2D eigenvalue weighted by Gasteiger charge is 2.17. The Morgan fingerprint density at radius 2 is 1.94 bits per heavy atom. The zero-order valence-electron chi connectivity index (χ0n) is 18.7. The lowest BCUT2D eigenvalue weighted by atomic mass is 10.0. The molecule has 1 atom stereocenters. The topological polar surface area (TPSA) is 127 Å². The number of nitrogens with zero attached hydrogens (tertiary/aromatic N) is 8. The molecule has 5 rings (SSSR count). The van der Waals surface area contributed by atoms with E-state index in [4.69, 9.17) is 4.74 Å². The number of ether oxygens (including phenoxy) is 1. The molecule has 0 aliphatic heterocycles. The van der Waals surface area contributed by atoms with Gasteiger partial charge in [0.1, 0.15) is 6.07 Å². The summed E-state index contributed by atoms with van der Waals surface area (Å²) in [6.07, 6.45) is 4.32. The number of nitriles is 1. The molecule has 1 unspecified atom stereocenters. The molecule has 10 heteroatoms. The number of hydrogen-bond acceptors (Lipinski definition) is 8. The van der Waals surface area contributed by atoms with Gasteiger partial charge in [0.05, 0.1) is 36.1 Å². The highest BCUT2D eigenvalue weighted by atomic mass is 16.5. The Bertz CT molecular complexity index is 1540. The van der Waals surface area contributed by atoms with Gasteiger partial charge in [-0.3, -0.25) is 0 Å². The number of benzene rings is 1. The molecule has 4 aromatic heterocycles. The van der Waals surface area contributed by atoms with E-state index in [1.54, 1.807) is 46.8 Å². The highest BCUT2D eigenvalue weighted by molar-refractivity contribution is 5.78. The fourth-order valence-electron chi connectivity index (χ4n) is 3.70. The summed E-state index contributed by atoms with van der Waals surface area (Å²) in [6.45, 7) is 5.41. The number of aromatic nitrogens is 7. The van der Waals surface area contributed by atoms with Crippen LogP contribution in [0.1, 0.15) is 35.7 Å². The van der Waals surface area contributed by atoms with E-state index < -0.39 is 6.10 Å². The van der Waals surface area contributed by atoms with Crippen molar-refractivity contribution in [3.63, 3.8) is 0 Å². The first-order valence-electron chi connectivity index (χ1n) is 10.5. The van der Waals surface area contributed by atoms with Gasteiger partial charge < -0.3 is 9.84 Å². The summed E-state index contributed by atoms with van der Waals surface area (Å²) in [6, 6.07) is 13.0. The summed E-state index contributed by atoms with van der Waals surface area (Å²) in [4.78, 5) is 4.54. The third-order valence-corrected chi connectivity index (χ3v) is 5.35. The van der Waals surface area contributed by atoms with Crippen LogP contribution in [0.25, 0.3) is 22.5 Å². The Kier molecular flexibility index (Phi) is 5.24. The monoisotopic (exact) mass is 452 g/mol. The van der Waals surface area contributed by atoms with Gasteiger partial charge in [-0.25, -0.2) is 14.2 Å². The first kappa shape index (κ1) is 21.2. The second kappa shape index (κ2) is 8.38. The van der Waals surface area contributed by atoms with Gasteiger partial charge in [0.2, 0.25) is 5.88 Å². The fourth-order valence-corrected chi connectivity index (χ4v) is 3.70. The van der Waals surface area contributed by atoms with Crippen LogP contribution in [0, 0.1) is 25.2 Å². The van der Waals surface area contributed by atoms with Crippen molar-refractivity contribution in [1.82, 2.24) is 34.6 Å². The SMILES string of the molecule is Cc1ccc(Oc2cnc3c(-c4ccc(C(C)O)c(-n5nc(C#N)cc5C)c4)cnn3c2)nn1. The van der Waals surface area contributed by atoms with Crippen molar-refractivity contribution in [2.45, 2.75) is 26.9 Å². The third-order valence-electron chi connectivity index (χ3n) is 5.35. The number of aryl methyl sites for hydroxylation is 2. The minimum Gasteiger partial charge on any atom is -0.434 e. The summed E-state index contributed by atoms with van der Waals surface area (Å²) in [5, 5.41) is 36.3. The highest BCUT2D eigenvalue weighted by Crippen LogP contribution is 2.31. The second-order valence-corrected chi connectivity index (χ2v) is 7.88. The van der Waals surface area contributed by atoms with Gasteiger partial charge in [-0.1, -0.05) is 12.1 Å². The van der Waals surface area contributed by atoms with Gasteiger partial charge in [-0.05, 0) is 44.5 Å². The predicted octanol–water partition coefficient (Wildman–Crippen LogP) is 3.71. The van der Waals surface area contributed by atoms with E-state index in [-0.39, 0.29) is 0 Å². The van der Waals surface area contributed by atoms with E-state index in [9.17, 15) is 10.4 Å². The van der Waals surface area contributed by atoms with E-state index in [1.807, 2.05) is 38.1 Å². The van der Waals surface area contributed by atoms with E-state index in [1.165, 1.54) is 0 Å². The molecule has 0 bridgehead atoms. The Labute approximate surface area is 194 Å². The van der Waals surface area contributed by atoms with Crippen LogP contribution in [-0.4, -0.2) is 39.7 Å². The molecule has 0 spiro atoms. The Balaban J connectivity index is 1.55. The molecule has 34 heavy (non-hydrogen) atoms. The van der Waals surface area contributed by atoms with Crippen LogP contribution >= 0.6 is 0 Å². The molecule has 0 radical (unpaired) electrons. The number of aliphatic hydroxyl groups is 1. The molecule has 0 aliphatic rings. The minimum atomic E-state index is -0.718. The summed E-state index contributed by atoms with van der Waals surface area (Å²) in [7, 11) is 0. The summed E-state index contributed by atoms with van der Waals surface area (Å²) >= 11 is 0. The molecule has 0 saturated heterocycles. The zero-order valence-corrected chi connectivity index (χ0v) is 18.7. The molecule has 0 aliphatic carbocycles. The second-order valence-electron chi connectivity index (χ2n) is 7.88. The van der Waals surface area contributed by atoms with Gasteiger partial charge in [-0.2, -0.15) is 20.6 Å². The maximum atomic E-state index is 10.3. The van der Waals surface area contributed by atoms with Crippen molar-refractivity contribution < 1.29 is 9.84 Å². The quantitative estimate of drug-likeness (QED) is 0.428.